The summed E-state index contributed by atoms with van der Waals surface area (Å²) in [4.78, 5) is 14.3. The highest BCUT2D eigenvalue weighted by atomic mass is 127. The van der Waals surface area contributed by atoms with E-state index in [1.54, 1.807) is 11.3 Å². The van der Waals surface area contributed by atoms with Crippen LogP contribution in [0.3, 0.4) is 0 Å². The third-order valence-corrected chi connectivity index (χ3v) is 6.89. The molecule has 3 heterocycles. The molecule has 5 nitrogen and oxygen atoms in total. The van der Waals surface area contributed by atoms with Crippen LogP contribution >= 0.6 is 47.1 Å². The highest BCUT2D eigenvalue weighted by molar-refractivity contribution is 14.0. The Hall–Kier alpha value is -0.0600. The van der Waals surface area contributed by atoms with E-state index in [9.17, 15) is 0 Å². The first-order valence-electron chi connectivity index (χ1n) is 9.63. The standard InChI is InChI=1S/C18H31N5S2.HI/c1-2-19-17(20-7-5-12-24-18-21-8-13-25-18)23-11-6-16(15-23)14-22-9-3-4-10-22;/h8,13,16H,2-7,9-12,14-15H2,1H3,(H,19,20);1H. The summed E-state index contributed by atoms with van der Waals surface area (Å²) in [6, 6.07) is 0. The third-order valence-electron chi connectivity index (χ3n) is 4.83. The van der Waals surface area contributed by atoms with Gasteiger partial charge in [-0.05, 0) is 51.6 Å². The van der Waals surface area contributed by atoms with Crippen molar-refractivity contribution in [3.05, 3.63) is 11.6 Å². The number of rotatable bonds is 8. The second kappa shape index (κ2) is 12.4. The van der Waals surface area contributed by atoms with Gasteiger partial charge in [-0.3, -0.25) is 4.99 Å². The molecule has 2 aliphatic heterocycles. The van der Waals surface area contributed by atoms with Crippen LogP contribution < -0.4 is 5.32 Å². The molecule has 0 spiro atoms. The average molecular weight is 510 g/mol. The van der Waals surface area contributed by atoms with Gasteiger partial charge in [0.25, 0.3) is 0 Å². The zero-order chi connectivity index (χ0) is 17.3. The summed E-state index contributed by atoms with van der Waals surface area (Å²) in [6.07, 6.45) is 7.06. The number of nitrogens with zero attached hydrogens (tertiary/aromatic N) is 4. The zero-order valence-electron chi connectivity index (χ0n) is 15.7. The fraction of sp³-hybridized carbons (Fsp3) is 0.778. The van der Waals surface area contributed by atoms with Crippen LogP contribution in [0, 0.1) is 5.92 Å². The van der Waals surface area contributed by atoms with E-state index in [0.717, 1.165) is 50.2 Å². The van der Waals surface area contributed by atoms with Gasteiger partial charge in [0.15, 0.2) is 5.96 Å². The lowest BCUT2D eigenvalue weighted by Crippen LogP contribution is -2.40. The minimum atomic E-state index is 0. The molecule has 1 atom stereocenters. The molecule has 148 valence electrons. The van der Waals surface area contributed by atoms with Crippen molar-refractivity contribution in [2.75, 3.05) is 51.6 Å². The topological polar surface area (TPSA) is 43.8 Å². The van der Waals surface area contributed by atoms with Crippen molar-refractivity contribution in [1.82, 2.24) is 20.1 Å². The summed E-state index contributed by atoms with van der Waals surface area (Å²) in [7, 11) is 0. The Labute approximate surface area is 183 Å². The van der Waals surface area contributed by atoms with Gasteiger partial charge < -0.3 is 15.1 Å². The molecule has 26 heavy (non-hydrogen) atoms. The maximum absolute atomic E-state index is 4.87. The highest BCUT2D eigenvalue weighted by Crippen LogP contribution is 2.21. The Morgan fingerprint density at radius 2 is 2.23 bits per heavy atom. The second-order valence-corrected chi connectivity index (χ2v) is 9.08. The van der Waals surface area contributed by atoms with E-state index in [-0.39, 0.29) is 24.0 Å². The van der Waals surface area contributed by atoms with E-state index in [2.05, 4.69) is 27.0 Å². The van der Waals surface area contributed by atoms with Gasteiger partial charge in [-0.15, -0.1) is 35.3 Å². The van der Waals surface area contributed by atoms with Crippen molar-refractivity contribution < 1.29 is 0 Å². The van der Waals surface area contributed by atoms with Crippen molar-refractivity contribution in [2.45, 2.75) is 36.9 Å². The number of aromatic nitrogens is 1. The molecule has 8 heteroatoms. The fourth-order valence-electron chi connectivity index (χ4n) is 3.62. The quantitative estimate of drug-likeness (QED) is 0.191. The molecular formula is C18H32IN5S2. The van der Waals surface area contributed by atoms with E-state index >= 15 is 0 Å². The molecule has 1 N–H and O–H groups in total. The highest BCUT2D eigenvalue weighted by Gasteiger charge is 2.27. The predicted molar refractivity (Wildman–Crippen MR) is 124 cm³/mol. The molecule has 2 aliphatic rings. The van der Waals surface area contributed by atoms with Crippen molar-refractivity contribution in [1.29, 1.82) is 0 Å². The Balaban J connectivity index is 0.00000243. The van der Waals surface area contributed by atoms with Gasteiger partial charge in [-0.2, -0.15) is 0 Å². The smallest absolute Gasteiger partial charge is 0.193 e. The summed E-state index contributed by atoms with van der Waals surface area (Å²) >= 11 is 3.56. The minimum Gasteiger partial charge on any atom is -0.357 e. The van der Waals surface area contributed by atoms with Gasteiger partial charge in [0, 0.05) is 50.1 Å². The molecule has 0 radical (unpaired) electrons. The van der Waals surface area contributed by atoms with E-state index in [4.69, 9.17) is 4.99 Å². The first-order valence-corrected chi connectivity index (χ1v) is 11.5. The van der Waals surface area contributed by atoms with E-state index in [0.29, 0.717) is 0 Å². The van der Waals surface area contributed by atoms with Crippen LogP contribution in [0.5, 0.6) is 0 Å². The maximum atomic E-state index is 4.87. The number of thiazole rings is 1. The van der Waals surface area contributed by atoms with Crippen LogP contribution in [-0.2, 0) is 0 Å². The summed E-state index contributed by atoms with van der Waals surface area (Å²) in [5.41, 5.74) is 0. The lowest BCUT2D eigenvalue weighted by Gasteiger charge is -2.23. The first kappa shape index (κ1) is 22.2. The fourth-order valence-corrected chi connectivity index (χ4v) is 5.25. The second-order valence-electron chi connectivity index (χ2n) is 6.84. The Bertz CT molecular complexity index is 520. The van der Waals surface area contributed by atoms with Crippen LogP contribution in [0.15, 0.2) is 20.9 Å². The SMILES string of the molecule is CCNC(=NCCCSc1nccs1)N1CCC(CN2CCCC2)C1.I. The molecule has 0 aromatic carbocycles. The molecule has 1 unspecified atom stereocenters. The number of nitrogens with one attached hydrogen (secondary N) is 1. The maximum Gasteiger partial charge on any atom is 0.193 e. The van der Waals surface area contributed by atoms with Gasteiger partial charge in [-0.1, -0.05) is 11.8 Å². The minimum absolute atomic E-state index is 0. The lowest BCUT2D eigenvalue weighted by atomic mass is 10.1. The number of halogens is 1. The Morgan fingerprint density at radius 3 is 2.96 bits per heavy atom. The number of guanidine groups is 1. The normalized spacial score (nSPS) is 21.2. The van der Waals surface area contributed by atoms with Crippen molar-refractivity contribution in [3.8, 4) is 0 Å². The van der Waals surface area contributed by atoms with Crippen molar-refractivity contribution >= 4 is 53.0 Å². The molecule has 2 saturated heterocycles. The molecule has 2 fully saturated rings. The van der Waals surface area contributed by atoms with Crippen LogP contribution in [0.2, 0.25) is 0 Å². The first-order chi connectivity index (χ1) is 12.3. The van der Waals surface area contributed by atoms with E-state index in [1.807, 2.05) is 23.3 Å². The van der Waals surface area contributed by atoms with E-state index < -0.39 is 0 Å². The van der Waals surface area contributed by atoms with Crippen LogP contribution in [0.1, 0.15) is 32.6 Å². The summed E-state index contributed by atoms with van der Waals surface area (Å²) < 4.78 is 1.17. The number of hydrogen-bond acceptors (Lipinski definition) is 5. The van der Waals surface area contributed by atoms with Crippen LogP contribution in [-0.4, -0.2) is 72.3 Å². The largest absolute Gasteiger partial charge is 0.357 e. The van der Waals surface area contributed by atoms with Crippen LogP contribution in [0.4, 0.5) is 0 Å². The molecule has 1 aromatic rings. The summed E-state index contributed by atoms with van der Waals surface area (Å²) in [6.45, 7) is 10.2. The summed E-state index contributed by atoms with van der Waals surface area (Å²) in [5.74, 6) is 3.02. The lowest BCUT2D eigenvalue weighted by molar-refractivity contribution is 0.281. The van der Waals surface area contributed by atoms with Gasteiger partial charge in [-0.25, -0.2) is 4.98 Å². The average Bonchev–Trinajstić information content (AvgIpc) is 3.37. The number of thioether (sulfide) groups is 1. The molecule has 3 rings (SSSR count). The monoisotopic (exact) mass is 509 g/mol. The number of likely N-dealkylation sites (tertiary alicyclic amines) is 2. The molecular weight excluding hydrogens is 477 g/mol. The van der Waals surface area contributed by atoms with Gasteiger partial charge in [0.05, 0.1) is 0 Å². The molecule has 0 saturated carbocycles. The Kier molecular flexibility index (Phi) is 10.6. The number of aliphatic imine (C=N–C) groups is 1. The van der Waals surface area contributed by atoms with Crippen molar-refractivity contribution in [3.63, 3.8) is 0 Å². The van der Waals surface area contributed by atoms with Gasteiger partial charge in [0.2, 0.25) is 0 Å². The predicted octanol–water partition coefficient (Wildman–Crippen LogP) is 3.63. The van der Waals surface area contributed by atoms with Gasteiger partial charge in [0.1, 0.15) is 4.34 Å². The molecule has 0 amide bonds. The number of hydrogen-bond donors (Lipinski definition) is 1. The molecule has 1 aromatic heterocycles. The molecule has 0 aliphatic carbocycles. The van der Waals surface area contributed by atoms with Gasteiger partial charge >= 0.3 is 0 Å². The third kappa shape index (κ3) is 7.16. The Morgan fingerprint density at radius 1 is 1.38 bits per heavy atom. The molecule has 0 bridgehead atoms. The van der Waals surface area contributed by atoms with Crippen molar-refractivity contribution in [2.24, 2.45) is 10.9 Å². The zero-order valence-corrected chi connectivity index (χ0v) is 19.7. The van der Waals surface area contributed by atoms with E-state index in [1.165, 1.54) is 43.2 Å². The summed E-state index contributed by atoms with van der Waals surface area (Å²) in [5, 5.41) is 5.53. The van der Waals surface area contributed by atoms with Crippen LogP contribution in [0.25, 0.3) is 0 Å².